The molecule has 20 heavy (non-hydrogen) atoms. The Labute approximate surface area is 121 Å². The summed E-state index contributed by atoms with van der Waals surface area (Å²) in [5.41, 5.74) is 1.51. The van der Waals surface area contributed by atoms with Crippen LogP contribution in [0, 0.1) is 18.2 Å². The Bertz CT molecular complexity index is 486. The molecule has 0 radical (unpaired) electrons. The third-order valence-corrected chi connectivity index (χ3v) is 4.36. The van der Waals surface area contributed by atoms with Crippen molar-refractivity contribution >= 4 is 5.78 Å². The molecule has 110 valence electrons. The SMILES string of the molecule is Cc1ccc(C(=O)CCN2CCC(C)(C)CC2)cc1F. The van der Waals surface area contributed by atoms with Gasteiger partial charge in [-0.2, -0.15) is 0 Å². The molecule has 1 heterocycles. The highest BCUT2D eigenvalue weighted by atomic mass is 19.1. The summed E-state index contributed by atoms with van der Waals surface area (Å²) in [7, 11) is 0. The Morgan fingerprint density at radius 3 is 2.55 bits per heavy atom. The molecule has 0 saturated carbocycles. The molecule has 0 unspecified atom stereocenters. The van der Waals surface area contributed by atoms with Gasteiger partial charge in [0.1, 0.15) is 5.82 Å². The largest absolute Gasteiger partial charge is 0.303 e. The topological polar surface area (TPSA) is 20.3 Å². The van der Waals surface area contributed by atoms with Crippen LogP contribution in [0.5, 0.6) is 0 Å². The predicted octanol–water partition coefficient (Wildman–Crippen LogP) is 3.83. The minimum atomic E-state index is -0.296. The zero-order valence-electron chi connectivity index (χ0n) is 12.7. The Kier molecular flexibility index (Phi) is 4.59. The molecule has 1 aromatic carbocycles. The first-order valence-electron chi connectivity index (χ1n) is 7.39. The number of benzene rings is 1. The highest BCUT2D eigenvalue weighted by Crippen LogP contribution is 2.29. The Morgan fingerprint density at radius 2 is 1.95 bits per heavy atom. The molecule has 2 rings (SSSR count). The summed E-state index contributed by atoms with van der Waals surface area (Å²) in [4.78, 5) is 14.4. The molecule has 1 saturated heterocycles. The van der Waals surface area contributed by atoms with Crippen molar-refractivity contribution in [3.05, 3.63) is 35.1 Å². The van der Waals surface area contributed by atoms with Crippen molar-refractivity contribution in [1.82, 2.24) is 4.90 Å². The average molecular weight is 277 g/mol. The van der Waals surface area contributed by atoms with Crippen molar-refractivity contribution in [2.45, 2.75) is 40.0 Å². The van der Waals surface area contributed by atoms with E-state index in [1.807, 2.05) is 0 Å². The fourth-order valence-electron chi connectivity index (χ4n) is 2.55. The van der Waals surface area contributed by atoms with Crippen molar-refractivity contribution in [3.63, 3.8) is 0 Å². The van der Waals surface area contributed by atoms with Crippen molar-refractivity contribution in [2.75, 3.05) is 19.6 Å². The normalized spacial score (nSPS) is 19.0. The zero-order chi connectivity index (χ0) is 14.8. The zero-order valence-corrected chi connectivity index (χ0v) is 12.7. The van der Waals surface area contributed by atoms with Crippen molar-refractivity contribution < 1.29 is 9.18 Å². The number of aryl methyl sites for hydroxylation is 1. The van der Waals surface area contributed by atoms with E-state index in [2.05, 4.69) is 18.7 Å². The molecule has 0 amide bonds. The first-order valence-corrected chi connectivity index (χ1v) is 7.39. The maximum Gasteiger partial charge on any atom is 0.164 e. The van der Waals surface area contributed by atoms with Crippen LogP contribution in [0.3, 0.4) is 0 Å². The minimum absolute atomic E-state index is 0.0359. The number of hydrogen-bond acceptors (Lipinski definition) is 2. The molecule has 0 spiro atoms. The van der Waals surface area contributed by atoms with Crippen LogP contribution in [0.4, 0.5) is 4.39 Å². The second-order valence-corrected chi connectivity index (χ2v) is 6.64. The number of halogens is 1. The van der Waals surface area contributed by atoms with Crippen LogP contribution < -0.4 is 0 Å². The molecule has 0 aliphatic carbocycles. The van der Waals surface area contributed by atoms with Gasteiger partial charge in [0.15, 0.2) is 5.78 Å². The highest BCUT2D eigenvalue weighted by molar-refractivity contribution is 5.96. The lowest BCUT2D eigenvalue weighted by Crippen LogP contribution is -2.38. The molecule has 2 nitrogen and oxygen atoms in total. The predicted molar refractivity (Wildman–Crippen MR) is 79.5 cm³/mol. The lowest BCUT2D eigenvalue weighted by Gasteiger charge is -2.36. The van der Waals surface area contributed by atoms with Gasteiger partial charge in [-0.05, 0) is 49.9 Å². The maximum atomic E-state index is 13.5. The van der Waals surface area contributed by atoms with Gasteiger partial charge in [0, 0.05) is 18.5 Å². The number of piperidine rings is 1. The maximum absolute atomic E-state index is 13.5. The number of carbonyl (C=O) groups is 1. The number of carbonyl (C=O) groups excluding carboxylic acids is 1. The summed E-state index contributed by atoms with van der Waals surface area (Å²) in [6.07, 6.45) is 2.84. The highest BCUT2D eigenvalue weighted by Gasteiger charge is 2.25. The number of nitrogens with zero attached hydrogens (tertiary/aromatic N) is 1. The third-order valence-electron chi connectivity index (χ3n) is 4.36. The summed E-state index contributed by atoms with van der Waals surface area (Å²) in [6.45, 7) is 9.20. The van der Waals surface area contributed by atoms with Gasteiger partial charge >= 0.3 is 0 Å². The van der Waals surface area contributed by atoms with Gasteiger partial charge in [-0.3, -0.25) is 4.79 Å². The van der Waals surface area contributed by atoms with Gasteiger partial charge in [0.25, 0.3) is 0 Å². The Balaban J connectivity index is 1.85. The Hall–Kier alpha value is -1.22. The molecule has 0 N–H and O–H groups in total. The summed E-state index contributed by atoms with van der Waals surface area (Å²) in [5, 5.41) is 0. The van der Waals surface area contributed by atoms with E-state index in [1.54, 1.807) is 19.1 Å². The van der Waals surface area contributed by atoms with Crippen molar-refractivity contribution in [2.24, 2.45) is 5.41 Å². The number of rotatable bonds is 4. The Morgan fingerprint density at radius 1 is 1.30 bits per heavy atom. The minimum Gasteiger partial charge on any atom is -0.303 e. The molecule has 0 bridgehead atoms. The van der Waals surface area contributed by atoms with E-state index < -0.39 is 0 Å². The lowest BCUT2D eigenvalue weighted by molar-refractivity contribution is 0.0926. The number of hydrogen-bond donors (Lipinski definition) is 0. The average Bonchev–Trinajstić information content (AvgIpc) is 2.40. The molecule has 1 fully saturated rings. The fraction of sp³-hybridized carbons (Fsp3) is 0.588. The smallest absolute Gasteiger partial charge is 0.164 e. The fourth-order valence-corrected chi connectivity index (χ4v) is 2.55. The van der Waals surface area contributed by atoms with E-state index in [1.165, 1.54) is 18.9 Å². The van der Waals surface area contributed by atoms with E-state index in [4.69, 9.17) is 0 Å². The summed E-state index contributed by atoms with van der Waals surface area (Å²) in [5.74, 6) is -0.260. The van der Waals surface area contributed by atoms with Gasteiger partial charge in [0.05, 0.1) is 0 Å². The molecule has 1 aliphatic heterocycles. The van der Waals surface area contributed by atoms with Crippen LogP contribution in [-0.4, -0.2) is 30.3 Å². The summed E-state index contributed by atoms with van der Waals surface area (Å²) >= 11 is 0. The van der Waals surface area contributed by atoms with Crippen LogP contribution in [0.1, 0.15) is 49.0 Å². The summed E-state index contributed by atoms with van der Waals surface area (Å²) < 4.78 is 13.5. The van der Waals surface area contributed by atoms with Crippen LogP contribution >= 0.6 is 0 Å². The van der Waals surface area contributed by atoms with Crippen molar-refractivity contribution in [1.29, 1.82) is 0 Å². The van der Waals surface area contributed by atoms with Gasteiger partial charge in [-0.1, -0.05) is 26.0 Å². The number of ketones is 1. The first-order chi connectivity index (χ1) is 9.37. The van der Waals surface area contributed by atoms with Crippen molar-refractivity contribution in [3.8, 4) is 0 Å². The molecule has 1 aromatic rings. The first kappa shape index (κ1) is 15.2. The number of Topliss-reactive ketones (excluding diaryl/α,β-unsaturated/α-hetero) is 1. The molecule has 3 heteroatoms. The second kappa shape index (κ2) is 6.04. The molecular weight excluding hydrogens is 253 g/mol. The van der Waals surface area contributed by atoms with Crippen LogP contribution in [0.2, 0.25) is 0 Å². The molecule has 0 atom stereocenters. The molecule has 1 aliphatic rings. The van der Waals surface area contributed by atoms with Crippen LogP contribution in [-0.2, 0) is 0 Å². The van der Waals surface area contributed by atoms with E-state index in [0.717, 1.165) is 19.6 Å². The standard InChI is InChI=1S/C17H24FNO/c1-13-4-5-14(12-15(13)18)16(20)6-9-19-10-7-17(2,3)8-11-19/h4-5,12H,6-11H2,1-3H3. The third kappa shape index (κ3) is 3.89. The van der Waals surface area contributed by atoms with E-state index in [-0.39, 0.29) is 11.6 Å². The van der Waals surface area contributed by atoms with E-state index >= 15 is 0 Å². The van der Waals surface area contributed by atoms with Gasteiger partial charge < -0.3 is 4.90 Å². The quantitative estimate of drug-likeness (QED) is 0.780. The van der Waals surface area contributed by atoms with Gasteiger partial charge in [-0.15, -0.1) is 0 Å². The molecule has 0 aromatic heterocycles. The van der Waals surface area contributed by atoms with E-state index in [9.17, 15) is 9.18 Å². The summed E-state index contributed by atoms with van der Waals surface area (Å²) in [6, 6.07) is 4.75. The van der Waals surface area contributed by atoms with Gasteiger partial charge in [-0.25, -0.2) is 4.39 Å². The monoisotopic (exact) mass is 277 g/mol. The van der Waals surface area contributed by atoms with Gasteiger partial charge in [0.2, 0.25) is 0 Å². The van der Waals surface area contributed by atoms with E-state index in [0.29, 0.717) is 23.0 Å². The van der Waals surface area contributed by atoms with Crippen LogP contribution in [0.15, 0.2) is 18.2 Å². The molecular formula is C17H24FNO. The lowest BCUT2D eigenvalue weighted by atomic mass is 9.82. The van der Waals surface area contributed by atoms with Crippen LogP contribution in [0.25, 0.3) is 0 Å². The second-order valence-electron chi connectivity index (χ2n) is 6.64. The number of likely N-dealkylation sites (tertiary alicyclic amines) is 1.